The number of benzene rings is 4. The van der Waals surface area contributed by atoms with Crippen molar-refractivity contribution in [2.24, 2.45) is 0 Å². The normalized spacial score (nSPS) is 11.9. The first kappa shape index (κ1) is 28.8. The maximum absolute atomic E-state index is 15.0. The standard InChI is InChI=1S/C29H19F9O2/c1-2-3-16-4-6-17(7-5-16)18-8-10-20(23(30)14-18)21-11-12-22(27(33)26(21)32)28(34,35)39-19-9-13-25(24(31)15-19)40-29(36,37)38/h4-15H,2-3H2,1H3. The van der Waals surface area contributed by atoms with Crippen molar-refractivity contribution in [3.8, 4) is 33.8 Å². The van der Waals surface area contributed by atoms with Crippen LogP contribution < -0.4 is 9.47 Å². The maximum atomic E-state index is 15.0. The molecule has 0 amide bonds. The van der Waals surface area contributed by atoms with Crippen LogP contribution in [0.2, 0.25) is 0 Å². The second kappa shape index (κ2) is 11.1. The second-order valence-electron chi connectivity index (χ2n) is 8.69. The molecule has 0 saturated heterocycles. The van der Waals surface area contributed by atoms with Gasteiger partial charge in [-0.1, -0.05) is 55.8 Å². The lowest BCUT2D eigenvalue weighted by Gasteiger charge is -2.20. The van der Waals surface area contributed by atoms with Crippen LogP contribution in [0.15, 0.2) is 72.8 Å². The molecule has 4 aromatic carbocycles. The van der Waals surface area contributed by atoms with Crippen molar-refractivity contribution >= 4 is 0 Å². The Kier molecular flexibility index (Phi) is 8.04. The number of hydrogen-bond donors (Lipinski definition) is 0. The van der Waals surface area contributed by atoms with Crippen molar-refractivity contribution in [2.45, 2.75) is 32.2 Å². The molecule has 0 aromatic heterocycles. The van der Waals surface area contributed by atoms with Gasteiger partial charge >= 0.3 is 12.5 Å². The molecule has 4 aromatic rings. The van der Waals surface area contributed by atoms with Crippen LogP contribution >= 0.6 is 0 Å². The van der Waals surface area contributed by atoms with E-state index >= 15 is 0 Å². The van der Waals surface area contributed by atoms with Gasteiger partial charge in [0.25, 0.3) is 0 Å². The number of ether oxygens (including phenoxy) is 2. The summed E-state index contributed by atoms with van der Waals surface area (Å²) < 4.78 is 132. The third kappa shape index (κ3) is 6.35. The van der Waals surface area contributed by atoms with Crippen molar-refractivity contribution in [3.05, 3.63) is 107 Å². The fraction of sp³-hybridized carbons (Fsp3) is 0.172. The molecule has 40 heavy (non-hydrogen) atoms. The van der Waals surface area contributed by atoms with E-state index < -0.39 is 58.4 Å². The van der Waals surface area contributed by atoms with Gasteiger partial charge in [0.05, 0.1) is 0 Å². The Hall–Kier alpha value is -4.15. The molecule has 0 atom stereocenters. The molecular formula is C29H19F9O2. The van der Waals surface area contributed by atoms with E-state index in [0.717, 1.165) is 30.5 Å². The van der Waals surface area contributed by atoms with Gasteiger partial charge in [-0.15, -0.1) is 13.2 Å². The highest BCUT2D eigenvalue weighted by atomic mass is 19.4. The highest BCUT2D eigenvalue weighted by molar-refractivity contribution is 5.72. The Balaban J connectivity index is 1.59. The SMILES string of the molecule is CCCc1ccc(-c2ccc(-c3ccc(C(F)(F)Oc4ccc(OC(F)(F)F)c(F)c4)c(F)c3F)c(F)c2)cc1. The van der Waals surface area contributed by atoms with Crippen LogP contribution in [0, 0.1) is 23.3 Å². The van der Waals surface area contributed by atoms with E-state index in [1.54, 1.807) is 12.1 Å². The summed E-state index contributed by atoms with van der Waals surface area (Å²) >= 11 is 0. The fourth-order valence-corrected chi connectivity index (χ4v) is 4.00. The van der Waals surface area contributed by atoms with E-state index in [0.29, 0.717) is 29.3 Å². The molecule has 0 spiro atoms. The van der Waals surface area contributed by atoms with Crippen LogP contribution in [0.4, 0.5) is 39.5 Å². The van der Waals surface area contributed by atoms with Crippen LogP contribution in [0.1, 0.15) is 24.5 Å². The number of aryl methyl sites for hydroxylation is 1. The monoisotopic (exact) mass is 570 g/mol. The van der Waals surface area contributed by atoms with Crippen LogP contribution in [-0.4, -0.2) is 6.36 Å². The van der Waals surface area contributed by atoms with Crippen molar-refractivity contribution in [1.29, 1.82) is 0 Å². The molecule has 11 heteroatoms. The minimum atomic E-state index is -5.24. The molecule has 0 heterocycles. The molecule has 0 fully saturated rings. The maximum Gasteiger partial charge on any atom is 0.573 e. The molecule has 0 bridgehead atoms. The largest absolute Gasteiger partial charge is 0.573 e. The average molecular weight is 570 g/mol. The highest BCUT2D eigenvalue weighted by Gasteiger charge is 2.40. The Morgan fingerprint density at radius 1 is 0.625 bits per heavy atom. The van der Waals surface area contributed by atoms with Crippen molar-refractivity contribution in [1.82, 2.24) is 0 Å². The summed E-state index contributed by atoms with van der Waals surface area (Å²) in [4.78, 5) is 0. The van der Waals surface area contributed by atoms with E-state index in [1.165, 1.54) is 12.1 Å². The van der Waals surface area contributed by atoms with Crippen molar-refractivity contribution in [3.63, 3.8) is 0 Å². The summed E-state index contributed by atoms with van der Waals surface area (Å²) in [7, 11) is 0. The van der Waals surface area contributed by atoms with Crippen LogP contribution in [0.25, 0.3) is 22.3 Å². The number of alkyl halides is 5. The first-order chi connectivity index (χ1) is 18.8. The summed E-state index contributed by atoms with van der Waals surface area (Å²) in [5.74, 6) is -8.78. The van der Waals surface area contributed by atoms with Gasteiger partial charge in [0, 0.05) is 17.2 Å². The second-order valence-corrected chi connectivity index (χ2v) is 8.69. The zero-order valence-electron chi connectivity index (χ0n) is 20.6. The molecule has 0 saturated carbocycles. The summed E-state index contributed by atoms with van der Waals surface area (Å²) in [6, 6.07) is 13.4. The quantitative estimate of drug-likeness (QED) is 0.197. The zero-order valence-corrected chi connectivity index (χ0v) is 20.6. The number of rotatable bonds is 8. The predicted octanol–water partition coefficient (Wildman–Crippen LogP) is 9.56. The molecule has 0 aliphatic rings. The Bertz CT molecular complexity index is 1510. The predicted molar refractivity (Wildman–Crippen MR) is 129 cm³/mol. The lowest BCUT2D eigenvalue weighted by Crippen LogP contribution is -2.24. The van der Waals surface area contributed by atoms with Crippen molar-refractivity contribution in [2.75, 3.05) is 0 Å². The first-order valence-corrected chi connectivity index (χ1v) is 11.8. The molecule has 4 rings (SSSR count). The Morgan fingerprint density at radius 3 is 1.88 bits per heavy atom. The van der Waals surface area contributed by atoms with Gasteiger partial charge in [-0.05, 0) is 47.4 Å². The van der Waals surface area contributed by atoms with Crippen LogP contribution in [0.5, 0.6) is 11.5 Å². The van der Waals surface area contributed by atoms with Gasteiger partial charge in [-0.3, -0.25) is 0 Å². The minimum Gasteiger partial charge on any atom is -0.429 e. The third-order valence-corrected chi connectivity index (χ3v) is 5.86. The van der Waals surface area contributed by atoms with E-state index in [-0.39, 0.29) is 11.6 Å². The number of hydrogen-bond acceptors (Lipinski definition) is 2. The highest BCUT2D eigenvalue weighted by Crippen LogP contribution is 2.39. The van der Waals surface area contributed by atoms with Gasteiger partial charge in [-0.25, -0.2) is 17.6 Å². The zero-order chi connectivity index (χ0) is 29.2. The minimum absolute atomic E-state index is 0.159. The molecule has 0 unspecified atom stereocenters. The van der Waals surface area contributed by atoms with Gasteiger partial charge < -0.3 is 9.47 Å². The molecule has 0 N–H and O–H groups in total. The summed E-state index contributed by atoms with van der Waals surface area (Å²) in [6.45, 7) is 2.03. The third-order valence-electron chi connectivity index (χ3n) is 5.86. The molecule has 2 nitrogen and oxygen atoms in total. The molecular weight excluding hydrogens is 551 g/mol. The van der Waals surface area contributed by atoms with Gasteiger partial charge in [0.2, 0.25) is 0 Å². The van der Waals surface area contributed by atoms with E-state index in [4.69, 9.17) is 0 Å². The lowest BCUT2D eigenvalue weighted by atomic mass is 9.97. The fourth-order valence-electron chi connectivity index (χ4n) is 4.00. The topological polar surface area (TPSA) is 18.5 Å². The van der Waals surface area contributed by atoms with Gasteiger partial charge in [0.1, 0.15) is 17.1 Å². The van der Waals surface area contributed by atoms with Crippen molar-refractivity contribution < 1.29 is 49.0 Å². The summed E-state index contributed by atoms with van der Waals surface area (Å²) in [6.07, 6.45) is -8.00. The van der Waals surface area contributed by atoms with E-state index in [9.17, 15) is 39.5 Å². The van der Waals surface area contributed by atoms with E-state index in [2.05, 4.69) is 9.47 Å². The van der Waals surface area contributed by atoms with Crippen LogP contribution in [-0.2, 0) is 12.5 Å². The van der Waals surface area contributed by atoms with Gasteiger partial charge in [-0.2, -0.15) is 8.78 Å². The Morgan fingerprint density at radius 2 is 1.27 bits per heavy atom. The lowest BCUT2D eigenvalue weighted by molar-refractivity contribution is -0.275. The Labute approximate surface area is 222 Å². The first-order valence-electron chi connectivity index (χ1n) is 11.8. The molecule has 210 valence electrons. The smallest absolute Gasteiger partial charge is 0.429 e. The summed E-state index contributed by atoms with van der Waals surface area (Å²) in [5.41, 5.74) is -0.396. The number of halogens is 9. The van der Waals surface area contributed by atoms with Gasteiger partial charge in [0.15, 0.2) is 23.2 Å². The average Bonchev–Trinajstić information content (AvgIpc) is 2.87. The summed E-state index contributed by atoms with van der Waals surface area (Å²) in [5, 5.41) is 0. The molecule has 0 aliphatic carbocycles. The van der Waals surface area contributed by atoms with E-state index in [1.807, 2.05) is 19.1 Å². The van der Waals surface area contributed by atoms with Crippen LogP contribution in [0.3, 0.4) is 0 Å². The molecule has 0 aliphatic heterocycles. The molecule has 0 radical (unpaired) electrons.